The smallest absolute Gasteiger partial charge is 0.407 e. The van der Waals surface area contributed by atoms with Crippen LogP contribution in [0.25, 0.3) is 0 Å². The minimum absolute atomic E-state index is 0.195. The van der Waals surface area contributed by atoms with Gasteiger partial charge in [0.15, 0.2) is 0 Å². The molecule has 0 aromatic heterocycles. The Kier molecular flexibility index (Phi) is 8.17. The molecule has 1 aliphatic rings. The van der Waals surface area contributed by atoms with Crippen LogP contribution in [-0.2, 0) is 14.0 Å². The van der Waals surface area contributed by atoms with Gasteiger partial charge in [0.1, 0.15) is 5.60 Å². The number of ether oxygens (including phenoxy) is 1. The van der Waals surface area contributed by atoms with E-state index in [9.17, 15) is 9.59 Å². The molecule has 0 saturated carbocycles. The number of hydrogen-bond acceptors (Lipinski definition) is 5. The topological polar surface area (TPSA) is 89.0 Å². The second-order valence-electron chi connectivity index (χ2n) is 10.9. The van der Waals surface area contributed by atoms with E-state index in [1.54, 1.807) is 6.21 Å². The maximum Gasteiger partial charge on any atom is 0.407 e. The summed E-state index contributed by atoms with van der Waals surface area (Å²) in [4.78, 5) is 24.8. The van der Waals surface area contributed by atoms with Crippen molar-refractivity contribution in [3.8, 4) is 0 Å². The van der Waals surface area contributed by atoms with E-state index in [2.05, 4.69) is 60.9 Å². The number of carbonyl (C=O) groups is 2. The van der Waals surface area contributed by atoms with Crippen molar-refractivity contribution in [1.82, 2.24) is 10.7 Å². The number of benzene rings is 2. The molecule has 1 heterocycles. The molecule has 0 radical (unpaired) electrons. The standard InChI is InChI=1S/C27H37N3O4Si/c1-26(2,3)34-25(32)29-23(20-17-24(31)30-28-18-20)19-33-35(27(4,5)6,21-13-9-7-10-14-21)22-15-11-8-12-16-22/h7-16,18,20,23H,17,19H2,1-6H3,(H,29,32)(H,30,31)/t20-,23-/m1/s1. The van der Waals surface area contributed by atoms with Crippen LogP contribution in [0.1, 0.15) is 48.0 Å². The first-order valence-corrected chi connectivity index (χ1v) is 13.9. The number of alkyl carbamates (subject to hydrolysis) is 1. The molecule has 0 fully saturated rings. The van der Waals surface area contributed by atoms with Crippen LogP contribution in [0.5, 0.6) is 0 Å². The lowest BCUT2D eigenvalue weighted by molar-refractivity contribution is -0.122. The third-order valence-electron chi connectivity index (χ3n) is 5.99. The number of amides is 2. The van der Waals surface area contributed by atoms with Crippen molar-refractivity contribution in [2.45, 2.75) is 64.6 Å². The van der Waals surface area contributed by atoms with Gasteiger partial charge >= 0.3 is 6.09 Å². The van der Waals surface area contributed by atoms with Gasteiger partial charge in [-0.15, -0.1) is 0 Å². The van der Waals surface area contributed by atoms with Gasteiger partial charge in [0.05, 0.1) is 12.6 Å². The summed E-state index contributed by atoms with van der Waals surface area (Å²) in [5, 5.41) is 9.02. The van der Waals surface area contributed by atoms with E-state index in [1.807, 2.05) is 57.2 Å². The second kappa shape index (κ2) is 10.7. The molecule has 2 N–H and O–H groups in total. The normalized spacial score (nSPS) is 17.4. The molecule has 0 saturated heterocycles. The molecule has 2 aromatic carbocycles. The Balaban J connectivity index is 2.00. The fraction of sp³-hybridized carbons (Fsp3) is 0.444. The predicted molar refractivity (Wildman–Crippen MR) is 141 cm³/mol. The molecule has 35 heavy (non-hydrogen) atoms. The molecule has 7 nitrogen and oxygen atoms in total. The summed E-state index contributed by atoms with van der Waals surface area (Å²) in [7, 11) is -2.83. The Bertz CT molecular complexity index is 990. The highest BCUT2D eigenvalue weighted by molar-refractivity contribution is 6.99. The van der Waals surface area contributed by atoms with Crippen LogP contribution < -0.4 is 21.1 Å². The average molecular weight is 496 g/mol. The zero-order valence-corrected chi connectivity index (χ0v) is 22.5. The van der Waals surface area contributed by atoms with Crippen LogP contribution >= 0.6 is 0 Å². The quantitative estimate of drug-likeness (QED) is 0.575. The van der Waals surface area contributed by atoms with Crippen molar-refractivity contribution in [2.24, 2.45) is 11.0 Å². The first-order chi connectivity index (χ1) is 16.4. The Morgan fingerprint density at radius 2 is 1.57 bits per heavy atom. The van der Waals surface area contributed by atoms with E-state index in [0.717, 1.165) is 10.4 Å². The van der Waals surface area contributed by atoms with E-state index >= 15 is 0 Å². The van der Waals surface area contributed by atoms with Crippen LogP contribution in [0, 0.1) is 5.92 Å². The number of rotatable bonds is 7. The van der Waals surface area contributed by atoms with Gasteiger partial charge in [0.25, 0.3) is 8.32 Å². The SMILES string of the molecule is CC(C)(C)OC(=O)N[C@H](CO[Si](c1ccccc1)(c1ccccc1)C(C)(C)C)[C@H]1C=NNC(=O)C1. The van der Waals surface area contributed by atoms with Gasteiger partial charge in [-0.3, -0.25) is 4.79 Å². The van der Waals surface area contributed by atoms with E-state index < -0.39 is 26.1 Å². The van der Waals surface area contributed by atoms with E-state index in [4.69, 9.17) is 9.16 Å². The molecule has 8 heteroatoms. The van der Waals surface area contributed by atoms with E-state index in [-0.39, 0.29) is 29.9 Å². The molecule has 0 aliphatic carbocycles. The third kappa shape index (κ3) is 6.58. The fourth-order valence-electron chi connectivity index (χ4n) is 4.47. The minimum Gasteiger partial charge on any atom is -0.444 e. The molecule has 188 valence electrons. The van der Waals surface area contributed by atoms with Crippen molar-refractivity contribution in [3.63, 3.8) is 0 Å². The fourth-order valence-corrected chi connectivity index (χ4v) is 9.06. The lowest BCUT2D eigenvalue weighted by atomic mass is 9.97. The molecule has 0 spiro atoms. The summed E-state index contributed by atoms with van der Waals surface area (Å²) in [6, 6.07) is 20.1. The van der Waals surface area contributed by atoms with Gasteiger partial charge in [-0.25, -0.2) is 10.2 Å². The monoisotopic (exact) mass is 495 g/mol. The predicted octanol–water partition coefficient (Wildman–Crippen LogP) is 3.58. The zero-order valence-electron chi connectivity index (χ0n) is 21.5. The number of nitrogens with one attached hydrogen (secondary N) is 2. The van der Waals surface area contributed by atoms with Crippen LogP contribution in [0.2, 0.25) is 5.04 Å². The minimum atomic E-state index is -2.83. The van der Waals surface area contributed by atoms with Crippen LogP contribution in [0.3, 0.4) is 0 Å². The van der Waals surface area contributed by atoms with Crippen LogP contribution in [0.15, 0.2) is 65.8 Å². The van der Waals surface area contributed by atoms with Gasteiger partial charge in [0.2, 0.25) is 5.91 Å². The first kappa shape index (κ1) is 26.6. The summed E-state index contributed by atoms with van der Waals surface area (Å²) in [6.07, 6.45) is 1.32. The lowest BCUT2D eigenvalue weighted by Crippen LogP contribution is -2.67. The van der Waals surface area contributed by atoms with Crippen molar-refractivity contribution < 1.29 is 18.8 Å². The first-order valence-electron chi connectivity index (χ1n) is 12.0. The highest BCUT2D eigenvalue weighted by atomic mass is 28.4. The molecule has 1 aliphatic heterocycles. The largest absolute Gasteiger partial charge is 0.444 e. The van der Waals surface area contributed by atoms with Gasteiger partial charge in [-0.05, 0) is 36.2 Å². The molecule has 2 atom stereocenters. The van der Waals surface area contributed by atoms with Gasteiger partial charge in [-0.1, -0.05) is 81.4 Å². The number of hydrazone groups is 1. The maximum absolute atomic E-state index is 12.7. The van der Waals surface area contributed by atoms with Crippen molar-refractivity contribution in [2.75, 3.05) is 6.61 Å². The summed E-state index contributed by atoms with van der Waals surface area (Å²) >= 11 is 0. The van der Waals surface area contributed by atoms with Gasteiger partial charge in [0, 0.05) is 18.6 Å². The van der Waals surface area contributed by atoms with Gasteiger partial charge in [-0.2, -0.15) is 5.10 Å². The summed E-state index contributed by atoms with van der Waals surface area (Å²) < 4.78 is 12.5. The molecule has 2 amide bonds. The van der Waals surface area contributed by atoms with Crippen LogP contribution in [0.4, 0.5) is 4.79 Å². The second-order valence-corrected chi connectivity index (χ2v) is 15.2. The Morgan fingerprint density at radius 1 is 1.03 bits per heavy atom. The molecule has 3 rings (SSSR count). The van der Waals surface area contributed by atoms with E-state index in [0.29, 0.717) is 0 Å². The zero-order chi connectivity index (χ0) is 25.7. The highest BCUT2D eigenvalue weighted by Crippen LogP contribution is 2.37. The Hall–Kier alpha value is -2.97. The summed E-state index contributed by atoms with van der Waals surface area (Å²) in [5.41, 5.74) is 1.81. The van der Waals surface area contributed by atoms with Crippen molar-refractivity contribution in [3.05, 3.63) is 60.7 Å². The molecular weight excluding hydrogens is 458 g/mol. The van der Waals surface area contributed by atoms with Crippen molar-refractivity contribution in [1.29, 1.82) is 0 Å². The molecule has 2 aromatic rings. The number of hydrogen-bond donors (Lipinski definition) is 2. The molecule has 0 bridgehead atoms. The third-order valence-corrected chi connectivity index (χ3v) is 11.0. The Morgan fingerprint density at radius 3 is 2.03 bits per heavy atom. The van der Waals surface area contributed by atoms with E-state index in [1.165, 1.54) is 0 Å². The molecular formula is C27H37N3O4Si. The lowest BCUT2D eigenvalue weighted by Gasteiger charge is -2.44. The average Bonchev–Trinajstić information content (AvgIpc) is 2.78. The van der Waals surface area contributed by atoms with Crippen molar-refractivity contribution >= 4 is 36.9 Å². The van der Waals surface area contributed by atoms with Gasteiger partial charge < -0.3 is 14.5 Å². The summed E-state index contributed by atoms with van der Waals surface area (Å²) in [5.74, 6) is -0.520. The number of nitrogens with zero attached hydrogens (tertiary/aromatic N) is 1. The number of carbonyl (C=O) groups excluding carboxylic acids is 2. The maximum atomic E-state index is 12.7. The summed E-state index contributed by atoms with van der Waals surface area (Å²) in [6.45, 7) is 12.2. The molecule has 0 unspecified atom stereocenters. The van der Waals surface area contributed by atoms with Crippen LogP contribution in [-0.4, -0.2) is 44.8 Å². The Labute approximate surface area is 209 Å². The highest BCUT2D eigenvalue weighted by Gasteiger charge is 2.50.